The molecule has 50 heavy (non-hydrogen) atoms. The molecule has 4 aliphatic rings. The largest absolute Gasteiger partial charge is 0.498 e. The Labute approximate surface area is 296 Å². The summed E-state index contributed by atoms with van der Waals surface area (Å²) in [7, 11) is 0. The summed E-state index contributed by atoms with van der Waals surface area (Å²) in [5, 5.41) is 16.7. The minimum Gasteiger partial charge on any atom is -0.498 e. The Balaban J connectivity index is 1.14. The van der Waals surface area contributed by atoms with E-state index < -0.39 is 6.09 Å². The van der Waals surface area contributed by atoms with Crippen LogP contribution in [0.25, 0.3) is 0 Å². The van der Waals surface area contributed by atoms with Crippen LogP contribution >= 0.6 is 0 Å². The van der Waals surface area contributed by atoms with Crippen LogP contribution in [-0.4, -0.2) is 102 Å². The van der Waals surface area contributed by atoms with Crippen molar-refractivity contribution in [1.82, 2.24) is 14.7 Å². The molecule has 3 aromatic rings. The number of anilines is 1. The summed E-state index contributed by atoms with van der Waals surface area (Å²) in [4.78, 5) is 34.1. The van der Waals surface area contributed by atoms with Crippen LogP contribution in [0.5, 0.6) is 5.75 Å². The molecule has 0 bridgehead atoms. The standard InChI is InChI=1S/C40H51N5O5/c1-29-24-32(25-30(2)38(29)50-28-31-8-4-3-5-9-31)27-45(40(47)48)21-15-35(44-18-12-33-10-6-7-11-36(33)41-39(44)46)26-37(45)43-16-13-34(14-17-43)42-19-22-49-23-20-42/h3-11,24-25,34-35,37H,12-23,26-28H2,1-2H3,(H-,41,46,47,48)/t35?,37?,45-/m1/s1. The Bertz CT molecular complexity index is 1630. The molecule has 3 saturated heterocycles. The maximum atomic E-state index is 13.7. The molecule has 4 heterocycles. The number of nitrogens with zero attached hydrogens (tertiary/aromatic N) is 4. The fraction of sp³-hybridized carbons (Fsp3) is 0.500. The number of fused-ring (bicyclic) bond motifs is 1. The lowest BCUT2D eigenvalue weighted by atomic mass is 9.92. The zero-order valence-electron chi connectivity index (χ0n) is 29.5. The molecule has 2 unspecified atom stereocenters. The third-order valence-electron chi connectivity index (χ3n) is 11.6. The number of nitrogens with one attached hydrogen (secondary N) is 1. The topological polar surface area (TPSA) is 97.4 Å². The van der Waals surface area contributed by atoms with E-state index in [1.165, 1.54) is 0 Å². The molecule has 3 aromatic carbocycles. The maximum absolute atomic E-state index is 13.7. The van der Waals surface area contributed by atoms with Crippen molar-refractivity contribution >= 4 is 17.8 Å². The third kappa shape index (κ3) is 7.26. The number of carbonyl (C=O) groups excluding carboxylic acids is 2. The first-order valence-corrected chi connectivity index (χ1v) is 18.4. The minimum atomic E-state index is -1.05. The molecular formula is C40H51N5O5. The molecule has 3 atom stereocenters. The van der Waals surface area contributed by atoms with Crippen LogP contribution in [0.1, 0.15) is 53.5 Å². The molecule has 3 fully saturated rings. The Morgan fingerprint density at radius 3 is 2.30 bits per heavy atom. The quantitative estimate of drug-likeness (QED) is 0.338. The van der Waals surface area contributed by atoms with Crippen molar-refractivity contribution in [3.8, 4) is 5.75 Å². The van der Waals surface area contributed by atoms with E-state index >= 15 is 0 Å². The van der Waals surface area contributed by atoms with E-state index in [2.05, 4.69) is 45.4 Å². The number of carboxylic acid groups (broad SMARTS) is 1. The smallest absolute Gasteiger partial charge is 0.322 e. The molecule has 10 heteroatoms. The second kappa shape index (κ2) is 15.1. The molecule has 266 valence electrons. The molecule has 1 N–H and O–H groups in total. The van der Waals surface area contributed by atoms with Crippen molar-refractivity contribution in [3.05, 3.63) is 94.5 Å². The number of aryl methyl sites for hydroxylation is 2. The lowest BCUT2D eigenvalue weighted by Crippen LogP contribution is -2.73. The highest BCUT2D eigenvalue weighted by Gasteiger charge is 2.50. The van der Waals surface area contributed by atoms with Crippen molar-refractivity contribution < 1.29 is 28.7 Å². The number of amides is 3. The van der Waals surface area contributed by atoms with E-state index in [1.807, 2.05) is 55.1 Å². The number of quaternary nitrogens is 1. The van der Waals surface area contributed by atoms with Gasteiger partial charge < -0.3 is 29.6 Å². The van der Waals surface area contributed by atoms with Gasteiger partial charge in [-0.2, -0.15) is 0 Å². The molecule has 0 spiro atoms. The van der Waals surface area contributed by atoms with Gasteiger partial charge in [-0.3, -0.25) is 14.3 Å². The van der Waals surface area contributed by atoms with Crippen molar-refractivity contribution in [1.29, 1.82) is 0 Å². The molecule has 0 aliphatic carbocycles. The SMILES string of the molecule is Cc1cc(C[N@+]2(C(=O)[O-])CCC(N3CCc4ccccc4NC3=O)CC2N2CCC(N3CCOCC3)CC2)cc(C)c1OCc1ccccc1. The predicted octanol–water partition coefficient (Wildman–Crippen LogP) is 4.92. The predicted molar refractivity (Wildman–Crippen MR) is 191 cm³/mol. The average molecular weight is 682 g/mol. The van der Waals surface area contributed by atoms with Gasteiger partial charge in [-0.1, -0.05) is 48.5 Å². The van der Waals surface area contributed by atoms with Gasteiger partial charge in [-0.25, -0.2) is 4.79 Å². The lowest BCUT2D eigenvalue weighted by Gasteiger charge is -2.55. The van der Waals surface area contributed by atoms with E-state index in [9.17, 15) is 14.7 Å². The van der Waals surface area contributed by atoms with Crippen molar-refractivity contribution in [2.45, 2.75) is 77.4 Å². The summed E-state index contributed by atoms with van der Waals surface area (Å²) in [5.74, 6) is 0.839. The summed E-state index contributed by atoms with van der Waals surface area (Å²) in [5.41, 5.74) is 6.03. The van der Waals surface area contributed by atoms with Gasteiger partial charge in [-0.15, -0.1) is 0 Å². The summed E-state index contributed by atoms with van der Waals surface area (Å²) in [6.45, 7) is 10.9. The fourth-order valence-electron chi connectivity index (χ4n) is 8.94. The van der Waals surface area contributed by atoms with Gasteiger partial charge in [0.15, 0.2) is 6.17 Å². The van der Waals surface area contributed by atoms with Crippen LogP contribution in [0.2, 0.25) is 0 Å². The van der Waals surface area contributed by atoms with Crippen molar-refractivity contribution in [2.24, 2.45) is 0 Å². The number of benzene rings is 3. The number of urea groups is 1. The number of hydrogen-bond acceptors (Lipinski definition) is 7. The molecule has 0 radical (unpaired) electrons. The van der Waals surface area contributed by atoms with Crippen LogP contribution < -0.4 is 15.2 Å². The van der Waals surface area contributed by atoms with E-state index in [1.54, 1.807) is 0 Å². The molecule has 4 aliphatic heterocycles. The van der Waals surface area contributed by atoms with Crippen LogP contribution in [-0.2, 0) is 24.3 Å². The molecular weight excluding hydrogens is 630 g/mol. The van der Waals surface area contributed by atoms with E-state index in [-0.39, 0.29) is 22.7 Å². The number of ether oxygens (including phenoxy) is 2. The van der Waals surface area contributed by atoms with Gasteiger partial charge in [0.25, 0.3) is 6.09 Å². The number of para-hydroxylation sites is 1. The van der Waals surface area contributed by atoms with E-state index in [0.29, 0.717) is 45.1 Å². The first-order valence-electron chi connectivity index (χ1n) is 18.4. The van der Waals surface area contributed by atoms with Gasteiger partial charge in [0.2, 0.25) is 0 Å². The Morgan fingerprint density at radius 2 is 1.58 bits per heavy atom. The van der Waals surface area contributed by atoms with Crippen molar-refractivity contribution in [2.75, 3.05) is 57.8 Å². The zero-order chi connectivity index (χ0) is 34.7. The minimum absolute atomic E-state index is 0.0749. The molecule has 0 saturated carbocycles. The van der Waals surface area contributed by atoms with Gasteiger partial charge in [0.05, 0.1) is 19.8 Å². The van der Waals surface area contributed by atoms with Crippen LogP contribution in [0, 0.1) is 13.8 Å². The monoisotopic (exact) mass is 681 g/mol. The normalized spacial score (nSPS) is 25.4. The average Bonchev–Trinajstić information content (AvgIpc) is 3.30. The number of likely N-dealkylation sites (tertiary alicyclic amines) is 2. The first-order chi connectivity index (χ1) is 24.3. The van der Waals surface area contributed by atoms with Gasteiger partial charge >= 0.3 is 6.03 Å². The number of hydrogen-bond donors (Lipinski definition) is 1. The van der Waals surface area contributed by atoms with Crippen LogP contribution in [0.15, 0.2) is 66.7 Å². The summed E-state index contributed by atoms with van der Waals surface area (Å²) in [6, 6.07) is 22.6. The first kappa shape index (κ1) is 34.5. The van der Waals surface area contributed by atoms with Crippen LogP contribution in [0.3, 0.4) is 0 Å². The number of piperidine rings is 2. The molecule has 3 amide bonds. The van der Waals surface area contributed by atoms with E-state index in [0.717, 1.165) is 97.9 Å². The highest BCUT2D eigenvalue weighted by atomic mass is 16.5. The molecule has 7 rings (SSSR count). The highest BCUT2D eigenvalue weighted by molar-refractivity contribution is 5.91. The summed E-state index contributed by atoms with van der Waals surface area (Å²) in [6.07, 6.45) is 2.54. The number of rotatable bonds is 8. The number of morpholine rings is 1. The summed E-state index contributed by atoms with van der Waals surface area (Å²) >= 11 is 0. The van der Waals surface area contributed by atoms with Gasteiger partial charge in [0.1, 0.15) is 18.9 Å². The number of carbonyl (C=O) groups is 2. The fourth-order valence-corrected chi connectivity index (χ4v) is 8.94. The third-order valence-corrected chi connectivity index (χ3v) is 11.6. The van der Waals surface area contributed by atoms with Gasteiger partial charge in [-0.05, 0) is 73.6 Å². The molecule has 0 aromatic heterocycles. The second-order valence-corrected chi connectivity index (χ2v) is 14.6. The van der Waals surface area contributed by atoms with Gasteiger partial charge in [0, 0.05) is 68.9 Å². The van der Waals surface area contributed by atoms with Crippen molar-refractivity contribution in [3.63, 3.8) is 0 Å². The second-order valence-electron chi connectivity index (χ2n) is 14.6. The van der Waals surface area contributed by atoms with Crippen LogP contribution in [0.4, 0.5) is 15.3 Å². The van der Waals surface area contributed by atoms with E-state index in [4.69, 9.17) is 9.47 Å². The molecule has 10 nitrogen and oxygen atoms in total. The Morgan fingerprint density at radius 1 is 0.880 bits per heavy atom. The lowest BCUT2D eigenvalue weighted by molar-refractivity contribution is -0.929. The zero-order valence-corrected chi connectivity index (χ0v) is 29.5. The Kier molecular flexibility index (Phi) is 10.4. The highest BCUT2D eigenvalue weighted by Crippen LogP contribution is 2.37. The Hall–Kier alpha value is -3.96. The summed E-state index contributed by atoms with van der Waals surface area (Å²) < 4.78 is 11.7. The maximum Gasteiger partial charge on any atom is 0.322 e.